The number of aliphatic carboxylic acids is 1. The molecule has 1 aliphatic rings. The molecule has 1 aliphatic carbocycles. The highest BCUT2D eigenvalue weighted by Gasteiger charge is 2.38. The molecule has 1 saturated carbocycles. The number of ether oxygens (including phenoxy) is 1. The molecule has 0 heterocycles. The van der Waals surface area contributed by atoms with Gasteiger partial charge >= 0.3 is 12.1 Å². The Kier molecular flexibility index (Phi) is 9.74. The van der Waals surface area contributed by atoms with Crippen LogP contribution >= 0.6 is 0 Å². The van der Waals surface area contributed by atoms with Crippen LogP contribution in [0.4, 0.5) is 13.2 Å². The van der Waals surface area contributed by atoms with Gasteiger partial charge in [-0.2, -0.15) is 13.2 Å². The summed E-state index contributed by atoms with van der Waals surface area (Å²) in [6.45, 7) is 7.59. The second-order valence-corrected chi connectivity index (χ2v) is 9.82. The minimum absolute atomic E-state index is 0.400. The second kappa shape index (κ2) is 12.1. The SMILES string of the molecule is Cc1ccc(C(N)=O)cc1-c1ccc(OCCCC2CCC(C)(C)CC2)cc1.O=C(O)C(F)(F)F. The summed E-state index contributed by atoms with van der Waals surface area (Å²) in [4.78, 5) is 20.3. The Hall–Kier alpha value is -3.03. The van der Waals surface area contributed by atoms with E-state index in [1.54, 1.807) is 6.07 Å². The lowest BCUT2D eigenvalue weighted by Crippen LogP contribution is -2.21. The summed E-state index contributed by atoms with van der Waals surface area (Å²) in [5.74, 6) is -1.38. The van der Waals surface area contributed by atoms with Crippen LogP contribution in [0, 0.1) is 18.3 Å². The Labute approximate surface area is 204 Å². The maximum Gasteiger partial charge on any atom is 0.490 e. The highest BCUT2D eigenvalue weighted by atomic mass is 19.4. The number of nitrogens with two attached hydrogens (primary N) is 1. The van der Waals surface area contributed by atoms with Crippen molar-refractivity contribution in [1.82, 2.24) is 0 Å². The maximum atomic E-state index is 11.4. The summed E-state index contributed by atoms with van der Waals surface area (Å²) in [5.41, 5.74) is 9.71. The van der Waals surface area contributed by atoms with Crippen molar-refractivity contribution >= 4 is 11.9 Å². The normalized spacial score (nSPS) is 15.6. The van der Waals surface area contributed by atoms with Crippen molar-refractivity contribution in [1.29, 1.82) is 0 Å². The summed E-state index contributed by atoms with van der Waals surface area (Å²) in [6, 6.07) is 13.7. The molecule has 0 spiro atoms. The molecule has 0 unspecified atom stereocenters. The summed E-state index contributed by atoms with van der Waals surface area (Å²) in [7, 11) is 0. The Morgan fingerprint density at radius 3 is 2.17 bits per heavy atom. The van der Waals surface area contributed by atoms with Crippen LogP contribution in [0.1, 0.15) is 68.3 Å². The molecule has 2 aromatic carbocycles. The monoisotopic (exact) mass is 493 g/mol. The molecular formula is C27H34F3NO4. The molecule has 0 aromatic heterocycles. The van der Waals surface area contributed by atoms with Crippen LogP contribution in [0.2, 0.25) is 0 Å². The Morgan fingerprint density at radius 1 is 1.09 bits per heavy atom. The van der Waals surface area contributed by atoms with Gasteiger partial charge in [0, 0.05) is 5.56 Å². The molecule has 0 saturated heterocycles. The lowest BCUT2D eigenvalue weighted by Gasteiger charge is -2.34. The predicted molar refractivity (Wildman–Crippen MR) is 129 cm³/mol. The predicted octanol–water partition coefficient (Wildman–Crippen LogP) is 6.77. The van der Waals surface area contributed by atoms with Crippen molar-refractivity contribution in [3.8, 4) is 16.9 Å². The van der Waals surface area contributed by atoms with Crippen LogP contribution in [-0.2, 0) is 4.79 Å². The molecule has 3 N–H and O–H groups in total. The zero-order valence-corrected chi connectivity index (χ0v) is 20.5. The third kappa shape index (κ3) is 9.26. The molecule has 8 heteroatoms. The first-order valence-electron chi connectivity index (χ1n) is 11.7. The summed E-state index contributed by atoms with van der Waals surface area (Å²) in [6.07, 6.45) is 2.75. The van der Waals surface area contributed by atoms with Crippen LogP contribution in [0.25, 0.3) is 11.1 Å². The van der Waals surface area contributed by atoms with Gasteiger partial charge < -0.3 is 15.6 Å². The number of hydrogen-bond acceptors (Lipinski definition) is 3. The summed E-state index contributed by atoms with van der Waals surface area (Å²) >= 11 is 0. The highest BCUT2D eigenvalue weighted by molar-refractivity contribution is 5.94. The summed E-state index contributed by atoms with van der Waals surface area (Å²) < 4.78 is 37.7. The van der Waals surface area contributed by atoms with E-state index in [4.69, 9.17) is 20.4 Å². The lowest BCUT2D eigenvalue weighted by molar-refractivity contribution is -0.192. The number of alkyl halides is 3. The minimum atomic E-state index is -5.08. The highest BCUT2D eigenvalue weighted by Crippen LogP contribution is 2.39. The van der Waals surface area contributed by atoms with Gasteiger partial charge in [-0.25, -0.2) is 4.79 Å². The minimum Gasteiger partial charge on any atom is -0.494 e. The quantitative estimate of drug-likeness (QED) is 0.417. The molecule has 192 valence electrons. The molecule has 35 heavy (non-hydrogen) atoms. The van der Waals surface area contributed by atoms with E-state index in [2.05, 4.69) is 13.8 Å². The number of rotatable bonds is 7. The van der Waals surface area contributed by atoms with Crippen LogP contribution < -0.4 is 10.5 Å². The van der Waals surface area contributed by atoms with Crippen molar-refractivity contribution in [2.45, 2.75) is 65.5 Å². The van der Waals surface area contributed by atoms with Gasteiger partial charge in [0.15, 0.2) is 0 Å². The fourth-order valence-electron chi connectivity index (χ4n) is 4.13. The number of primary amides is 1. The number of benzene rings is 2. The fraction of sp³-hybridized carbons (Fsp3) is 0.481. The van der Waals surface area contributed by atoms with Gasteiger partial charge in [0.1, 0.15) is 5.75 Å². The van der Waals surface area contributed by atoms with E-state index >= 15 is 0 Å². The molecule has 0 radical (unpaired) electrons. The number of carbonyl (C=O) groups is 2. The van der Waals surface area contributed by atoms with E-state index in [9.17, 15) is 18.0 Å². The maximum absolute atomic E-state index is 11.4. The molecular weight excluding hydrogens is 459 g/mol. The molecule has 5 nitrogen and oxygen atoms in total. The lowest BCUT2D eigenvalue weighted by atomic mass is 9.72. The van der Waals surface area contributed by atoms with Crippen molar-refractivity contribution in [3.05, 3.63) is 53.6 Å². The smallest absolute Gasteiger partial charge is 0.490 e. The molecule has 1 fully saturated rings. The third-order valence-corrected chi connectivity index (χ3v) is 6.41. The third-order valence-electron chi connectivity index (χ3n) is 6.41. The van der Waals surface area contributed by atoms with Crippen LogP contribution in [-0.4, -0.2) is 29.8 Å². The van der Waals surface area contributed by atoms with Crippen LogP contribution in [0.3, 0.4) is 0 Å². The summed E-state index contributed by atoms with van der Waals surface area (Å²) in [5, 5.41) is 7.12. The fourth-order valence-corrected chi connectivity index (χ4v) is 4.13. The number of amides is 1. The largest absolute Gasteiger partial charge is 0.494 e. The first-order valence-corrected chi connectivity index (χ1v) is 11.7. The molecule has 0 atom stereocenters. The average Bonchev–Trinajstić information content (AvgIpc) is 2.78. The van der Waals surface area contributed by atoms with Crippen molar-refractivity contribution in [2.24, 2.45) is 17.1 Å². The number of aryl methyl sites for hydroxylation is 1. The van der Waals surface area contributed by atoms with Crippen LogP contribution in [0.5, 0.6) is 5.75 Å². The molecule has 2 aromatic rings. The first kappa shape index (κ1) is 28.2. The van der Waals surface area contributed by atoms with Gasteiger partial charge in [-0.05, 0) is 97.7 Å². The van der Waals surface area contributed by atoms with Gasteiger partial charge in [-0.15, -0.1) is 0 Å². The van der Waals surface area contributed by atoms with E-state index in [-0.39, 0.29) is 0 Å². The number of hydrogen-bond donors (Lipinski definition) is 2. The van der Waals surface area contributed by atoms with E-state index in [1.165, 1.54) is 32.1 Å². The number of carbonyl (C=O) groups excluding carboxylic acids is 1. The van der Waals surface area contributed by atoms with E-state index in [0.717, 1.165) is 41.4 Å². The van der Waals surface area contributed by atoms with Gasteiger partial charge in [0.25, 0.3) is 0 Å². The topological polar surface area (TPSA) is 89.6 Å². The molecule has 0 aliphatic heterocycles. The number of carboxylic acid groups (broad SMARTS) is 1. The van der Waals surface area contributed by atoms with Gasteiger partial charge in [0.05, 0.1) is 6.61 Å². The Morgan fingerprint density at radius 2 is 1.66 bits per heavy atom. The van der Waals surface area contributed by atoms with Crippen molar-refractivity contribution in [2.75, 3.05) is 6.61 Å². The van der Waals surface area contributed by atoms with Crippen LogP contribution in [0.15, 0.2) is 42.5 Å². The van der Waals surface area contributed by atoms with Crippen molar-refractivity contribution < 1.29 is 32.6 Å². The zero-order valence-electron chi connectivity index (χ0n) is 20.5. The van der Waals surface area contributed by atoms with Gasteiger partial charge in [-0.1, -0.05) is 32.0 Å². The van der Waals surface area contributed by atoms with Crippen molar-refractivity contribution in [3.63, 3.8) is 0 Å². The number of halogens is 3. The second-order valence-electron chi connectivity index (χ2n) is 9.82. The molecule has 1 amide bonds. The Bertz CT molecular complexity index is 990. The Balaban J connectivity index is 0.000000540. The first-order chi connectivity index (χ1) is 16.3. The molecule has 0 bridgehead atoms. The van der Waals surface area contributed by atoms with E-state index in [1.807, 2.05) is 43.3 Å². The zero-order chi connectivity index (χ0) is 26.2. The molecule has 3 rings (SSSR count). The van der Waals surface area contributed by atoms with Gasteiger partial charge in [-0.3, -0.25) is 4.79 Å². The van der Waals surface area contributed by atoms with E-state index < -0.39 is 18.1 Å². The number of carboxylic acids is 1. The van der Waals surface area contributed by atoms with E-state index in [0.29, 0.717) is 11.0 Å². The van der Waals surface area contributed by atoms with Gasteiger partial charge in [0.2, 0.25) is 5.91 Å². The standard InChI is InChI=1S/C25H33NO2.C2HF3O2/c1-18-6-7-21(24(26)27)17-23(18)20-8-10-22(11-9-20)28-16-4-5-19-12-14-25(2,3)15-13-19;3-2(4,5)1(6)7/h6-11,17,19H,4-5,12-16H2,1-3H3,(H2,26,27);(H,6,7). The average molecular weight is 494 g/mol.